The molecule has 248 valence electrons. The number of hydrogen-bond donors (Lipinski definition) is 0. The first-order valence-electron chi connectivity index (χ1n) is 17.6. The Morgan fingerprint density at radius 2 is 0.980 bits per heavy atom. The van der Waals surface area contributed by atoms with Crippen LogP contribution in [0.25, 0.3) is 55.3 Å². The molecule has 0 aliphatic heterocycles. The summed E-state index contributed by atoms with van der Waals surface area (Å²) in [6.07, 6.45) is 0. The van der Waals surface area contributed by atoms with Crippen LogP contribution in [0.3, 0.4) is 0 Å². The fraction of sp³-hybridized carbons (Fsp3) is 0.143. The van der Waals surface area contributed by atoms with Gasteiger partial charge in [-0.1, -0.05) is 156 Å². The zero-order chi connectivity index (χ0) is 33.8. The quantitative estimate of drug-likeness (QED) is 0.187. The van der Waals surface area contributed by atoms with Crippen molar-refractivity contribution in [2.24, 2.45) is 0 Å². The summed E-state index contributed by atoms with van der Waals surface area (Å²) in [6.45, 7) is 9.44. The number of hydrogen-bond acceptors (Lipinski definition) is 2. The molecule has 0 spiro atoms. The second-order valence-electron chi connectivity index (χ2n) is 14.9. The van der Waals surface area contributed by atoms with E-state index in [4.69, 9.17) is 4.42 Å². The van der Waals surface area contributed by atoms with Gasteiger partial charge in [-0.3, -0.25) is 0 Å². The SMILES string of the molecule is C.CC1(C)c2ccccc2-c2ccc(N(c3ccccc3-c3cccc4c3oc3ccccc34)c3cccc4c3-c3ccccc3C4(C)C)cc21. The van der Waals surface area contributed by atoms with Crippen molar-refractivity contribution < 1.29 is 4.42 Å². The van der Waals surface area contributed by atoms with Crippen LogP contribution in [0.5, 0.6) is 0 Å². The summed E-state index contributed by atoms with van der Waals surface area (Å²) >= 11 is 0. The number of fused-ring (bicyclic) bond motifs is 9. The van der Waals surface area contributed by atoms with Crippen molar-refractivity contribution >= 4 is 39.0 Å². The summed E-state index contributed by atoms with van der Waals surface area (Å²) in [5, 5.41) is 2.27. The summed E-state index contributed by atoms with van der Waals surface area (Å²) in [7, 11) is 0. The maximum atomic E-state index is 6.64. The van der Waals surface area contributed by atoms with Crippen LogP contribution in [0.2, 0.25) is 0 Å². The van der Waals surface area contributed by atoms with Crippen molar-refractivity contribution in [3.8, 4) is 33.4 Å². The minimum Gasteiger partial charge on any atom is -0.455 e. The Labute approximate surface area is 300 Å². The Hall–Kier alpha value is -5.86. The van der Waals surface area contributed by atoms with Crippen LogP contribution < -0.4 is 4.90 Å². The Morgan fingerprint density at radius 1 is 0.431 bits per heavy atom. The lowest BCUT2D eigenvalue weighted by Gasteiger charge is -2.31. The van der Waals surface area contributed by atoms with Crippen LogP contribution in [0, 0.1) is 0 Å². The van der Waals surface area contributed by atoms with Gasteiger partial charge in [-0.25, -0.2) is 0 Å². The van der Waals surface area contributed by atoms with Crippen LogP contribution in [-0.2, 0) is 10.8 Å². The Morgan fingerprint density at radius 3 is 1.80 bits per heavy atom. The van der Waals surface area contributed by atoms with Crippen LogP contribution in [0.1, 0.15) is 57.4 Å². The van der Waals surface area contributed by atoms with Gasteiger partial charge in [0.1, 0.15) is 11.2 Å². The van der Waals surface area contributed by atoms with E-state index in [9.17, 15) is 0 Å². The molecule has 0 unspecified atom stereocenters. The minimum atomic E-state index is -0.125. The van der Waals surface area contributed by atoms with Crippen molar-refractivity contribution in [2.45, 2.75) is 46.0 Å². The van der Waals surface area contributed by atoms with Gasteiger partial charge in [0.15, 0.2) is 0 Å². The maximum absolute atomic E-state index is 6.64. The molecule has 2 aliphatic rings. The summed E-state index contributed by atoms with van der Waals surface area (Å²) in [4.78, 5) is 2.51. The fourth-order valence-electron chi connectivity index (χ4n) is 9.02. The second-order valence-corrected chi connectivity index (χ2v) is 14.9. The molecule has 0 N–H and O–H groups in total. The summed E-state index contributed by atoms with van der Waals surface area (Å²) in [6, 6.07) is 55.5. The van der Waals surface area contributed by atoms with Crippen molar-refractivity contribution in [2.75, 3.05) is 4.90 Å². The zero-order valence-corrected chi connectivity index (χ0v) is 28.8. The van der Waals surface area contributed by atoms with Gasteiger partial charge in [0.05, 0.1) is 11.4 Å². The number of anilines is 3. The molecule has 2 nitrogen and oxygen atoms in total. The van der Waals surface area contributed by atoms with Gasteiger partial charge >= 0.3 is 0 Å². The predicted octanol–water partition coefficient (Wildman–Crippen LogP) is 14.0. The van der Waals surface area contributed by atoms with Crippen LogP contribution in [0.15, 0.2) is 156 Å². The largest absolute Gasteiger partial charge is 0.455 e. The van der Waals surface area contributed by atoms with Gasteiger partial charge in [-0.05, 0) is 69.3 Å². The first kappa shape index (κ1) is 31.1. The molecule has 2 aliphatic carbocycles. The number of para-hydroxylation sites is 3. The third kappa shape index (κ3) is 4.29. The van der Waals surface area contributed by atoms with E-state index in [0.717, 1.165) is 44.4 Å². The molecular formula is C49H41NO. The molecule has 0 fully saturated rings. The fourth-order valence-corrected chi connectivity index (χ4v) is 9.02. The summed E-state index contributed by atoms with van der Waals surface area (Å²) < 4.78 is 6.64. The standard InChI is InChI=1S/C48H37NO.CH4/c1-47(2)39-22-10-6-18-37(39)45-40(47)23-14-25-43(45)49(30-27-28-32-31-15-5-9-21-38(31)48(3,4)41(32)29-30)42-24-11-7-16-33(42)35-19-13-20-36-34-17-8-12-26-44(34)50-46(35)36;/h5-29H,1-4H3;1H4. The molecule has 0 saturated carbocycles. The van der Waals surface area contributed by atoms with E-state index in [-0.39, 0.29) is 18.3 Å². The van der Waals surface area contributed by atoms with Gasteiger partial charge < -0.3 is 9.32 Å². The van der Waals surface area contributed by atoms with E-state index < -0.39 is 0 Å². The number of furan rings is 1. The lowest BCUT2D eigenvalue weighted by atomic mass is 9.82. The highest BCUT2D eigenvalue weighted by atomic mass is 16.3. The van der Waals surface area contributed by atoms with E-state index in [1.165, 1.54) is 50.2 Å². The normalized spacial score (nSPS) is 14.4. The molecule has 7 aromatic carbocycles. The van der Waals surface area contributed by atoms with E-state index in [2.05, 4.69) is 178 Å². The van der Waals surface area contributed by atoms with Crippen molar-refractivity contribution in [1.29, 1.82) is 0 Å². The Balaban J connectivity index is 0.00000348. The molecule has 51 heavy (non-hydrogen) atoms. The maximum Gasteiger partial charge on any atom is 0.143 e. The second kappa shape index (κ2) is 11.1. The zero-order valence-electron chi connectivity index (χ0n) is 28.8. The van der Waals surface area contributed by atoms with Gasteiger partial charge in [0, 0.05) is 44.0 Å². The smallest absolute Gasteiger partial charge is 0.143 e. The number of rotatable bonds is 4. The summed E-state index contributed by atoms with van der Waals surface area (Å²) in [5.41, 5.74) is 17.9. The molecule has 0 saturated heterocycles. The lowest BCUT2D eigenvalue weighted by Crippen LogP contribution is -2.18. The number of benzene rings is 7. The molecule has 2 heteroatoms. The monoisotopic (exact) mass is 659 g/mol. The highest BCUT2D eigenvalue weighted by molar-refractivity contribution is 6.11. The topological polar surface area (TPSA) is 16.4 Å². The summed E-state index contributed by atoms with van der Waals surface area (Å²) in [5.74, 6) is 0. The van der Waals surface area contributed by atoms with E-state index in [1.54, 1.807) is 0 Å². The lowest BCUT2D eigenvalue weighted by molar-refractivity contribution is 0.660. The molecule has 0 radical (unpaired) electrons. The van der Waals surface area contributed by atoms with E-state index in [1.807, 2.05) is 6.07 Å². The average molecular weight is 660 g/mol. The van der Waals surface area contributed by atoms with Gasteiger partial charge in [0.25, 0.3) is 0 Å². The minimum absolute atomic E-state index is 0. The molecule has 8 aromatic rings. The molecule has 1 heterocycles. The van der Waals surface area contributed by atoms with Crippen LogP contribution >= 0.6 is 0 Å². The highest BCUT2D eigenvalue weighted by Crippen LogP contribution is 2.56. The van der Waals surface area contributed by atoms with Gasteiger partial charge in [-0.2, -0.15) is 0 Å². The van der Waals surface area contributed by atoms with Gasteiger partial charge in [-0.15, -0.1) is 0 Å². The van der Waals surface area contributed by atoms with Crippen molar-refractivity contribution in [3.05, 3.63) is 174 Å². The highest BCUT2D eigenvalue weighted by Gasteiger charge is 2.39. The first-order valence-corrected chi connectivity index (χ1v) is 17.6. The van der Waals surface area contributed by atoms with E-state index >= 15 is 0 Å². The molecule has 1 aromatic heterocycles. The van der Waals surface area contributed by atoms with Crippen molar-refractivity contribution in [1.82, 2.24) is 0 Å². The van der Waals surface area contributed by atoms with Crippen LogP contribution in [-0.4, -0.2) is 0 Å². The molecular weight excluding hydrogens is 619 g/mol. The average Bonchev–Trinajstić information content (AvgIpc) is 3.72. The third-order valence-electron chi connectivity index (χ3n) is 11.5. The Kier molecular flexibility index (Phi) is 6.76. The van der Waals surface area contributed by atoms with Gasteiger partial charge in [0.2, 0.25) is 0 Å². The van der Waals surface area contributed by atoms with E-state index in [0.29, 0.717) is 0 Å². The molecule has 0 atom stereocenters. The van der Waals surface area contributed by atoms with Crippen LogP contribution in [0.4, 0.5) is 17.1 Å². The Bertz CT molecular complexity index is 2670. The number of nitrogens with zero attached hydrogens (tertiary/aromatic N) is 1. The molecule has 0 amide bonds. The first-order chi connectivity index (χ1) is 24.3. The molecule has 10 rings (SSSR count). The molecule has 0 bridgehead atoms. The third-order valence-corrected chi connectivity index (χ3v) is 11.5. The predicted molar refractivity (Wildman–Crippen MR) is 216 cm³/mol. The van der Waals surface area contributed by atoms with Crippen molar-refractivity contribution in [3.63, 3.8) is 0 Å².